The van der Waals surface area contributed by atoms with E-state index in [2.05, 4.69) is 21.2 Å². The van der Waals surface area contributed by atoms with Crippen molar-refractivity contribution in [3.8, 4) is 5.75 Å². The van der Waals surface area contributed by atoms with Gasteiger partial charge in [0.1, 0.15) is 5.75 Å². The van der Waals surface area contributed by atoms with Crippen molar-refractivity contribution in [2.75, 3.05) is 11.9 Å². The molecule has 5 heteroatoms. The van der Waals surface area contributed by atoms with Crippen LogP contribution in [-0.4, -0.2) is 22.7 Å². The summed E-state index contributed by atoms with van der Waals surface area (Å²) in [6, 6.07) is 12.0. The van der Waals surface area contributed by atoms with E-state index in [4.69, 9.17) is 5.11 Å². The number of phenols is 1. The largest absolute Gasteiger partial charge is 0.508 e. The maximum atomic E-state index is 11.0. The third-order valence-corrected chi connectivity index (χ3v) is 3.28. The van der Waals surface area contributed by atoms with Gasteiger partial charge in [0.2, 0.25) is 0 Å². The predicted octanol–water partition coefficient (Wildman–Crippen LogP) is 3.51. The molecule has 104 valence electrons. The van der Waals surface area contributed by atoms with Crippen LogP contribution in [0.25, 0.3) is 0 Å². The summed E-state index contributed by atoms with van der Waals surface area (Å²) in [5.41, 5.74) is 2.10. The summed E-state index contributed by atoms with van der Waals surface area (Å²) in [5, 5.41) is 21.4. The Balaban J connectivity index is 1.97. The molecule has 0 aliphatic heterocycles. The van der Waals surface area contributed by atoms with Gasteiger partial charge < -0.3 is 15.5 Å². The highest BCUT2D eigenvalue weighted by Gasteiger charge is 2.05. The predicted molar refractivity (Wildman–Crippen MR) is 81.4 cm³/mol. The lowest BCUT2D eigenvalue weighted by Crippen LogP contribution is -2.06. The van der Waals surface area contributed by atoms with E-state index < -0.39 is 5.97 Å². The second kappa shape index (κ2) is 6.43. The summed E-state index contributed by atoms with van der Waals surface area (Å²) >= 11 is 3.29. The van der Waals surface area contributed by atoms with Gasteiger partial charge in [0, 0.05) is 16.7 Å². The lowest BCUT2D eigenvalue weighted by molar-refractivity contribution is 0.0697. The molecule has 0 aromatic heterocycles. The first-order valence-electron chi connectivity index (χ1n) is 6.10. The van der Waals surface area contributed by atoms with Gasteiger partial charge in [-0.2, -0.15) is 0 Å². The van der Waals surface area contributed by atoms with Crippen LogP contribution in [-0.2, 0) is 6.42 Å². The van der Waals surface area contributed by atoms with E-state index in [9.17, 15) is 9.90 Å². The molecule has 0 radical (unpaired) electrons. The highest BCUT2D eigenvalue weighted by molar-refractivity contribution is 9.10. The molecule has 0 spiro atoms. The molecule has 0 heterocycles. The summed E-state index contributed by atoms with van der Waals surface area (Å²) in [7, 11) is 0. The average molecular weight is 336 g/mol. The van der Waals surface area contributed by atoms with Crippen molar-refractivity contribution in [1.29, 1.82) is 0 Å². The number of rotatable bonds is 5. The summed E-state index contributed by atoms with van der Waals surface area (Å²) in [6.07, 6.45) is 0.787. The average Bonchev–Trinajstić information content (AvgIpc) is 2.40. The number of hydrogen-bond donors (Lipinski definition) is 3. The monoisotopic (exact) mass is 335 g/mol. The highest BCUT2D eigenvalue weighted by Crippen LogP contribution is 2.20. The normalized spacial score (nSPS) is 10.2. The number of aromatic carboxylic acids is 1. The van der Waals surface area contributed by atoms with Crippen LogP contribution >= 0.6 is 15.9 Å². The summed E-state index contributed by atoms with van der Waals surface area (Å²) < 4.78 is 0.726. The van der Waals surface area contributed by atoms with E-state index in [1.54, 1.807) is 24.3 Å². The van der Waals surface area contributed by atoms with Gasteiger partial charge in [0.15, 0.2) is 0 Å². The van der Waals surface area contributed by atoms with Crippen molar-refractivity contribution in [1.82, 2.24) is 0 Å². The van der Waals surface area contributed by atoms with Crippen LogP contribution in [0.4, 0.5) is 5.69 Å². The Morgan fingerprint density at radius 3 is 2.50 bits per heavy atom. The van der Waals surface area contributed by atoms with Crippen LogP contribution < -0.4 is 5.32 Å². The van der Waals surface area contributed by atoms with Crippen LogP contribution in [0.15, 0.2) is 46.9 Å². The van der Waals surface area contributed by atoms with E-state index in [0.29, 0.717) is 6.54 Å². The number of carbonyl (C=O) groups is 1. The van der Waals surface area contributed by atoms with E-state index in [1.807, 2.05) is 18.2 Å². The van der Waals surface area contributed by atoms with Gasteiger partial charge in [0.25, 0.3) is 0 Å². The molecular weight excluding hydrogens is 322 g/mol. The molecule has 0 fully saturated rings. The van der Waals surface area contributed by atoms with E-state index in [-0.39, 0.29) is 11.3 Å². The fourth-order valence-corrected chi connectivity index (χ4v) is 2.32. The second-order valence-corrected chi connectivity index (χ2v) is 5.29. The molecular formula is C15H14BrNO3. The molecule has 0 saturated carbocycles. The van der Waals surface area contributed by atoms with Crippen molar-refractivity contribution in [2.24, 2.45) is 0 Å². The van der Waals surface area contributed by atoms with Crippen molar-refractivity contribution in [3.05, 3.63) is 58.1 Å². The molecule has 0 aliphatic carbocycles. The molecule has 4 nitrogen and oxygen atoms in total. The first kappa shape index (κ1) is 14.4. The van der Waals surface area contributed by atoms with E-state index in [0.717, 1.165) is 22.1 Å². The minimum absolute atomic E-state index is 0.242. The highest BCUT2D eigenvalue weighted by atomic mass is 79.9. The lowest BCUT2D eigenvalue weighted by atomic mass is 10.1. The van der Waals surface area contributed by atoms with Gasteiger partial charge in [-0.25, -0.2) is 4.79 Å². The minimum atomic E-state index is -0.951. The Labute approximate surface area is 125 Å². The fraction of sp³-hybridized carbons (Fsp3) is 0.133. The van der Waals surface area contributed by atoms with Gasteiger partial charge in [-0.1, -0.05) is 28.1 Å². The smallest absolute Gasteiger partial charge is 0.335 e. The zero-order valence-electron chi connectivity index (χ0n) is 10.6. The molecule has 20 heavy (non-hydrogen) atoms. The molecule has 0 unspecified atom stereocenters. The summed E-state index contributed by atoms with van der Waals surface area (Å²) in [5.74, 6) is -0.701. The molecule has 0 atom stereocenters. The standard InChI is InChI=1S/C15H14BrNO3/c16-12-7-11(15(19)20)8-13(9-12)17-6-5-10-1-3-14(18)4-2-10/h1-4,7-9,17-18H,5-6H2,(H,19,20). The second-order valence-electron chi connectivity index (χ2n) is 4.38. The third kappa shape index (κ3) is 3.99. The zero-order valence-corrected chi connectivity index (χ0v) is 12.2. The van der Waals surface area contributed by atoms with E-state index in [1.165, 1.54) is 0 Å². The Morgan fingerprint density at radius 1 is 1.15 bits per heavy atom. The topological polar surface area (TPSA) is 69.6 Å². The maximum absolute atomic E-state index is 11.0. The Bertz CT molecular complexity index is 611. The fourth-order valence-electron chi connectivity index (χ4n) is 1.83. The van der Waals surface area contributed by atoms with Crippen LogP contribution in [0.3, 0.4) is 0 Å². The number of carboxylic acid groups (broad SMARTS) is 1. The van der Waals surface area contributed by atoms with Gasteiger partial charge in [0.05, 0.1) is 5.56 Å². The number of halogens is 1. The first-order chi connectivity index (χ1) is 9.54. The molecule has 2 rings (SSSR count). The maximum Gasteiger partial charge on any atom is 0.335 e. The Kier molecular flexibility index (Phi) is 4.63. The minimum Gasteiger partial charge on any atom is -0.508 e. The number of hydrogen-bond acceptors (Lipinski definition) is 3. The first-order valence-corrected chi connectivity index (χ1v) is 6.89. The molecule has 0 saturated heterocycles. The Hall–Kier alpha value is -2.01. The van der Waals surface area contributed by atoms with Gasteiger partial charge in [-0.15, -0.1) is 0 Å². The number of phenolic OH excluding ortho intramolecular Hbond substituents is 1. The molecule has 3 N–H and O–H groups in total. The van der Waals surface area contributed by atoms with E-state index >= 15 is 0 Å². The van der Waals surface area contributed by atoms with Crippen molar-refractivity contribution >= 4 is 27.6 Å². The summed E-state index contributed by atoms with van der Waals surface area (Å²) in [4.78, 5) is 11.0. The number of nitrogens with one attached hydrogen (secondary N) is 1. The van der Waals surface area contributed by atoms with Crippen LogP contribution in [0, 0.1) is 0 Å². The van der Waals surface area contributed by atoms with Crippen LogP contribution in [0.2, 0.25) is 0 Å². The summed E-state index contributed by atoms with van der Waals surface area (Å²) in [6.45, 7) is 0.681. The number of anilines is 1. The molecule has 2 aromatic carbocycles. The van der Waals surface area contributed by atoms with Crippen LogP contribution in [0.5, 0.6) is 5.75 Å². The molecule has 2 aromatic rings. The SMILES string of the molecule is O=C(O)c1cc(Br)cc(NCCc2ccc(O)cc2)c1. The van der Waals surface area contributed by atoms with Crippen molar-refractivity contribution in [3.63, 3.8) is 0 Å². The molecule has 0 aliphatic rings. The lowest BCUT2D eigenvalue weighted by Gasteiger charge is -2.08. The molecule has 0 bridgehead atoms. The van der Waals surface area contributed by atoms with Gasteiger partial charge >= 0.3 is 5.97 Å². The Morgan fingerprint density at radius 2 is 1.85 bits per heavy atom. The number of carboxylic acids is 1. The molecule has 0 amide bonds. The quantitative estimate of drug-likeness (QED) is 0.782. The zero-order chi connectivity index (χ0) is 14.5. The number of aromatic hydroxyl groups is 1. The number of benzene rings is 2. The van der Waals surface area contributed by atoms with Gasteiger partial charge in [-0.05, 0) is 42.3 Å². The van der Waals surface area contributed by atoms with Gasteiger partial charge in [-0.3, -0.25) is 0 Å². The third-order valence-electron chi connectivity index (χ3n) is 2.82. The van der Waals surface area contributed by atoms with Crippen molar-refractivity contribution in [2.45, 2.75) is 6.42 Å². The van der Waals surface area contributed by atoms with Crippen LogP contribution in [0.1, 0.15) is 15.9 Å². The van der Waals surface area contributed by atoms with Crippen molar-refractivity contribution < 1.29 is 15.0 Å².